The number of hydrogen-bond donors (Lipinski definition) is 1. The van der Waals surface area contributed by atoms with Crippen LogP contribution in [0.1, 0.15) is 23.1 Å². The Bertz CT molecular complexity index is 1170. The van der Waals surface area contributed by atoms with Gasteiger partial charge in [-0.1, -0.05) is 73.4 Å². The number of nitriles is 1. The van der Waals surface area contributed by atoms with Crippen molar-refractivity contribution < 1.29 is 14.3 Å². The number of methoxy groups -OCH3 is 1. The van der Waals surface area contributed by atoms with E-state index in [0.717, 1.165) is 11.1 Å². The predicted octanol–water partition coefficient (Wildman–Crippen LogP) is 4.10. The van der Waals surface area contributed by atoms with Crippen LogP contribution in [0.5, 0.6) is 0 Å². The number of benzene rings is 2. The van der Waals surface area contributed by atoms with Gasteiger partial charge in [0.05, 0.1) is 0 Å². The molecule has 0 aliphatic heterocycles. The Kier molecular flexibility index (Phi) is 7.61. The van der Waals surface area contributed by atoms with Crippen molar-refractivity contribution in [3.05, 3.63) is 101 Å². The monoisotopic (exact) mass is 442 g/mol. The molecule has 1 aliphatic rings. The number of carbonyl (C=O) groups excluding carboxylic acids is 2. The quantitative estimate of drug-likeness (QED) is 0.302. The van der Waals surface area contributed by atoms with Crippen molar-refractivity contribution in [1.29, 1.82) is 5.26 Å². The van der Waals surface area contributed by atoms with Crippen molar-refractivity contribution >= 4 is 34.8 Å². The number of ether oxygens (including phenoxy) is 1. The first kappa shape index (κ1) is 23.0. The summed E-state index contributed by atoms with van der Waals surface area (Å²) in [6, 6.07) is 18.7. The Hall–Kier alpha value is -3.66. The summed E-state index contributed by atoms with van der Waals surface area (Å²) in [6.07, 6.45) is 2.85. The number of Topliss-reactive ketones (excluding diaryl/α,β-unsaturated/α-hetero) is 1. The van der Waals surface area contributed by atoms with Crippen molar-refractivity contribution in [3.63, 3.8) is 0 Å². The zero-order valence-electron chi connectivity index (χ0n) is 17.6. The largest absolute Gasteiger partial charge is 0.369 e. The number of amides is 1. The number of allylic oxidation sites excluding steroid dienone is 1. The van der Waals surface area contributed by atoms with Crippen LogP contribution in [0.2, 0.25) is 0 Å². The molecule has 1 N–H and O–H groups in total. The second-order valence-corrected chi connectivity index (χ2v) is 7.66. The molecule has 5 nitrogen and oxygen atoms in total. The van der Waals surface area contributed by atoms with Crippen molar-refractivity contribution in [3.8, 4) is 6.07 Å². The Morgan fingerprint density at radius 1 is 1.25 bits per heavy atom. The molecule has 2 aromatic carbocycles. The van der Waals surface area contributed by atoms with E-state index in [0.29, 0.717) is 34.5 Å². The van der Waals surface area contributed by atoms with E-state index in [2.05, 4.69) is 11.9 Å². The molecular formula is C26H22N2O3S. The molecular weight excluding hydrogens is 420 g/mol. The van der Waals surface area contributed by atoms with Crippen LogP contribution >= 0.6 is 12.2 Å². The minimum absolute atomic E-state index is 0.0249. The summed E-state index contributed by atoms with van der Waals surface area (Å²) in [5.41, 5.74) is 3.43. The molecule has 1 atom stereocenters. The lowest BCUT2D eigenvalue weighted by molar-refractivity contribution is -0.123. The smallest absolute Gasteiger partial charge is 0.262 e. The molecule has 32 heavy (non-hydrogen) atoms. The van der Waals surface area contributed by atoms with Crippen molar-refractivity contribution in [2.24, 2.45) is 0 Å². The highest BCUT2D eigenvalue weighted by Gasteiger charge is 2.27. The normalized spacial score (nSPS) is 16.2. The molecule has 0 saturated heterocycles. The van der Waals surface area contributed by atoms with Gasteiger partial charge < -0.3 is 10.1 Å². The molecule has 3 rings (SSSR count). The van der Waals surface area contributed by atoms with E-state index < -0.39 is 12.0 Å². The first-order chi connectivity index (χ1) is 15.4. The predicted molar refractivity (Wildman–Crippen MR) is 128 cm³/mol. The summed E-state index contributed by atoms with van der Waals surface area (Å²) in [5, 5.41) is 12.3. The second kappa shape index (κ2) is 10.6. The highest BCUT2D eigenvalue weighted by Crippen LogP contribution is 2.27. The Labute approximate surface area is 192 Å². The highest BCUT2D eigenvalue weighted by molar-refractivity contribution is 7.81. The molecule has 0 bridgehead atoms. The van der Waals surface area contributed by atoms with Gasteiger partial charge in [0.2, 0.25) is 0 Å². The maximum absolute atomic E-state index is 12.6. The van der Waals surface area contributed by atoms with Crippen LogP contribution < -0.4 is 5.32 Å². The van der Waals surface area contributed by atoms with Crippen LogP contribution in [0.4, 0.5) is 0 Å². The fraction of sp³-hybridized carbons (Fsp3) is 0.154. The van der Waals surface area contributed by atoms with E-state index in [9.17, 15) is 14.9 Å². The minimum Gasteiger partial charge on any atom is -0.369 e. The Morgan fingerprint density at radius 3 is 2.62 bits per heavy atom. The van der Waals surface area contributed by atoms with Crippen LogP contribution in [0.3, 0.4) is 0 Å². The fourth-order valence-electron chi connectivity index (χ4n) is 3.35. The topological polar surface area (TPSA) is 79.2 Å². The van der Waals surface area contributed by atoms with E-state index in [1.54, 1.807) is 12.1 Å². The summed E-state index contributed by atoms with van der Waals surface area (Å²) < 4.78 is 5.24. The molecule has 1 aliphatic carbocycles. The van der Waals surface area contributed by atoms with E-state index in [4.69, 9.17) is 17.0 Å². The molecule has 0 radical (unpaired) electrons. The summed E-state index contributed by atoms with van der Waals surface area (Å²) in [4.78, 5) is 25.3. The summed E-state index contributed by atoms with van der Waals surface area (Å²) >= 11 is 5.70. The molecule has 160 valence electrons. The van der Waals surface area contributed by atoms with E-state index in [1.807, 2.05) is 54.6 Å². The van der Waals surface area contributed by atoms with Gasteiger partial charge in [0.1, 0.15) is 17.7 Å². The van der Waals surface area contributed by atoms with Crippen molar-refractivity contribution in [1.82, 2.24) is 5.32 Å². The fourth-order valence-corrected chi connectivity index (χ4v) is 3.67. The summed E-state index contributed by atoms with van der Waals surface area (Å²) in [5.74, 6) is -0.624. The molecule has 0 saturated carbocycles. The Balaban J connectivity index is 1.86. The van der Waals surface area contributed by atoms with Crippen LogP contribution in [-0.2, 0) is 20.9 Å². The lowest BCUT2D eigenvalue weighted by atomic mass is 9.87. The summed E-state index contributed by atoms with van der Waals surface area (Å²) in [6.45, 7) is 4.15. The van der Waals surface area contributed by atoms with E-state index >= 15 is 0 Å². The average Bonchev–Trinajstić information content (AvgIpc) is 2.83. The van der Waals surface area contributed by atoms with Crippen molar-refractivity contribution in [2.45, 2.75) is 19.1 Å². The zero-order valence-corrected chi connectivity index (χ0v) is 18.4. The average molecular weight is 443 g/mol. The van der Waals surface area contributed by atoms with Gasteiger partial charge in [-0.15, -0.1) is 0 Å². The maximum Gasteiger partial charge on any atom is 0.262 e. The number of hydrogen-bond acceptors (Lipinski definition) is 5. The molecule has 0 spiro atoms. The third-order valence-electron chi connectivity index (χ3n) is 5.08. The number of nitrogens with one attached hydrogen (secondary N) is 1. The van der Waals surface area contributed by atoms with Crippen LogP contribution in [0.15, 0.2) is 84.0 Å². The first-order valence-electron chi connectivity index (χ1n) is 9.97. The third-order valence-corrected chi connectivity index (χ3v) is 5.56. The standard InChI is InChI=1S/C26H22N2O3S/c1-17-12-20(14-23(31-2)24(17)29)25(32)22-11-7-6-10-19(22)13-21(15-27)26(30)28-16-18-8-4-3-5-9-18/h3-11,13-14,23H,1,12,16H2,2H3,(H,28,30). The molecule has 6 heteroatoms. The molecule has 0 aromatic heterocycles. The number of carbonyl (C=O) groups is 2. The maximum atomic E-state index is 12.6. The molecule has 2 aromatic rings. The number of ketones is 1. The van der Waals surface area contributed by atoms with Gasteiger partial charge in [-0.05, 0) is 34.4 Å². The van der Waals surface area contributed by atoms with Gasteiger partial charge >= 0.3 is 0 Å². The molecule has 0 fully saturated rings. The molecule has 1 amide bonds. The number of rotatable bonds is 7. The lowest BCUT2D eigenvalue weighted by Crippen LogP contribution is -2.28. The van der Waals surface area contributed by atoms with Crippen LogP contribution in [-0.4, -0.2) is 29.8 Å². The zero-order chi connectivity index (χ0) is 23.1. The lowest BCUT2D eigenvalue weighted by Gasteiger charge is -2.22. The second-order valence-electron chi connectivity index (χ2n) is 7.25. The van der Waals surface area contributed by atoms with Crippen LogP contribution in [0.25, 0.3) is 6.08 Å². The molecule has 0 heterocycles. The minimum atomic E-state index is -0.717. The van der Waals surface area contributed by atoms with Gasteiger partial charge in [0, 0.05) is 30.5 Å². The highest BCUT2D eigenvalue weighted by atomic mass is 32.1. The van der Waals surface area contributed by atoms with Gasteiger partial charge in [-0.3, -0.25) is 9.59 Å². The van der Waals surface area contributed by atoms with Gasteiger partial charge in [-0.2, -0.15) is 5.26 Å². The molecule has 1 unspecified atom stereocenters. The van der Waals surface area contributed by atoms with E-state index in [1.165, 1.54) is 13.2 Å². The SMILES string of the molecule is C=C1CC(C(=S)c2ccccc2C=C(C#N)C(=O)NCc2ccccc2)=CC(OC)C1=O. The van der Waals surface area contributed by atoms with Crippen molar-refractivity contribution in [2.75, 3.05) is 7.11 Å². The Morgan fingerprint density at radius 2 is 1.94 bits per heavy atom. The van der Waals surface area contributed by atoms with E-state index in [-0.39, 0.29) is 11.4 Å². The van der Waals surface area contributed by atoms with Gasteiger partial charge in [-0.25, -0.2) is 0 Å². The van der Waals surface area contributed by atoms with Crippen LogP contribution in [0, 0.1) is 11.3 Å². The third kappa shape index (κ3) is 5.33. The number of thiocarbonyl (C=S) groups is 1. The van der Waals surface area contributed by atoms with Gasteiger partial charge in [0.15, 0.2) is 5.78 Å². The first-order valence-corrected chi connectivity index (χ1v) is 10.4. The number of nitrogens with zero attached hydrogens (tertiary/aromatic N) is 1. The van der Waals surface area contributed by atoms with Gasteiger partial charge in [0.25, 0.3) is 5.91 Å². The summed E-state index contributed by atoms with van der Waals surface area (Å²) in [7, 11) is 1.46.